The first-order valence-electron chi connectivity index (χ1n) is 4.92. The molecule has 1 fully saturated rings. The molecule has 1 aromatic heterocycles. The fourth-order valence-electron chi connectivity index (χ4n) is 1.90. The second-order valence-electron chi connectivity index (χ2n) is 4.14. The molecule has 0 saturated heterocycles. The molecular weight excluding hydrogens is 176 g/mol. The molecule has 0 radical (unpaired) electrons. The van der Waals surface area contributed by atoms with Crippen LogP contribution in [0.2, 0.25) is 0 Å². The Kier molecular flexibility index (Phi) is 1.40. The number of benzene rings is 1. The van der Waals surface area contributed by atoms with Crippen molar-refractivity contribution < 1.29 is 5.11 Å². The molecule has 1 aliphatic rings. The van der Waals surface area contributed by atoms with Gasteiger partial charge in [0.15, 0.2) is 0 Å². The highest BCUT2D eigenvalue weighted by Crippen LogP contribution is 2.45. The van der Waals surface area contributed by atoms with Gasteiger partial charge in [0.25, 0.3) is 0 Å². The maximum absolute atomic E-state index is 9.30. The lowest BCUT2D eigenvalue weighted by Crippen LogP contribution is -1.82. The summed E-state index contributed by atoms with van der Waals surface area (Å²) in [5, 5.41) is 9.30. The Labute approximate surface area is 81.8 Å². The van der Waals surface area contributed by atoms with E-state index in [1.54, 1.807) is 12.1 Å². The Hall–Kier alpha value is -1.51. The fourth-order valence-corrected chi connectivity index (χ4v) is 1.90. The van der Waals surface area contributed by atoms with Gasteiger partial charge in [-0.15, -0.1) is 0 Å². The van der Waals surface area contributed by atoms with Crippen LogP contribution in [0.5, 0.6) is 5.75 Å². The zero-order valence-electron chi connectivity index (χ0n) is 7.99. The first-order valence-corrected chi connectivity index (χ1v) is 4.92. The van der Waals surface area contributed by atoms with Gasteiger partial charge in [0, 0.05) is 12.0 Å². The molecule has 2 unspecified atom stereocenters. The molecule has 3 nitrogen and oxygen atoms in total. The predicted octanol–water partition coefficient (Wildman–Crippen LogP) is 2.39. The minimum Gasteiger partial charge on any atom is -0.508 e. The summed E-state index contributed by atoms with van der Waals surface area (Å²) < 4.78 is 0. The van der Waals surface area contributed by atoms with E-state index >= 15 is 0 Å². The molecule has 3 rings (SSSR count). The van der Waals surface area contributed by atoms with E-state index in [0.29, 0.717) is 5.92 Å². The van der Waals surface area contributed by atoms with E-state index in [1.165, 1.54) is 6.42 Å². The summed E-state index contributed by atoms with van der Waals surface area (Å²) in [5.74, 6) is 2.71. The number of fused-ring (bicyclic) bond motifs is 1. The Morgan fingerprint density at radius 1 is 1.50 bits per heavy atom. The Morgan fingerprint density at radius 2 is 2.29 bits per heavy atom. The van der Waals surface area contributed by atoms with Crippen LogP contribution < -0.4 is 0 Å². The minimum atomic E-state index is 0.288. The van der Waals surface area contributed by atoms with Crippen LogP contribution >= 0.6 is 0 Å². The van der Waals surface area contributed by atoms with E-state index in [4.69, 9.17) is 0 Å². The highest BCUT2D eigenvalue weighted by molar-refractivity contribution is 5.76. The van der Waals surface area contributed by atoms with Crippen LogP contribution in [0.25, 0.3) is 11.0 Å². The van der Waals surface area contributed by atoms with Crippen LogP contribution in [0.3, 0.4) is 0 Å². The quantitative estimate of drug-likeness (QED) is 0.721. The summed E-state index contributed by atoms with van der Waals surface area (Å²) in [7, 11) is 0. The van der Waals surface area contributed by atoms with Gasteiger partial charge in [0.2, 0.25) is 0 Å². The van der Waals surface area contributed by atoms with Crippen molar-refractivity contribution in [2.24, 2.45) is 5.92 Å². The summed E-state index contributed by atoms with van der Waals surface area (Å²) in [6.45, 7) is 2.23. The number of hydrogen-bond donors (Lipinski definition) is 2. The lowest BCUT2D eigenvalue weighted by atomic mass is 10.3. The van der Waals surface area contributed by atoms with E-state index in [0.717, 1.165) is 22.8 Å². The van der Waals surface area contributed by atoms with Gasteiger partial charge in [-0.2, -0.15) is 0 Å². The van der Waals surface area contributed by atoms with Crippen molar-refractivity contribution in [2.45, 2.75) is 19.3 Å². The molecule has 2 N–H and O–H groups in total. The van der Waals surface area contributed by atoms with Gasteiger partial charge in [-0.1, -0.05) is 6.92 Å². The number of hydrogen-bond acceptors (Lipinski definition) is 2. The molecule has 2 atom stereocenters. The number of nitrogens with zero attached hydrogens (tertiary/aromatic N) is 1. The third kappa shape index (κ3) is 1.09. The molecule has 1 heterocycles. The number of H-pyrrole nitrogens is 1. The van der Waals surface area contributed by atoms with Crippen LogP contribution in [-0.2, 0) is 0 Å². The summed E-state index contributed by atoms with van der Waals surface area (Å²) in [5.41, 5.74) is 1.87. The van der Waals surface area contributed by atoms with E-state index < -0.39 is 0 Å². The van der Waals surface area contributed by atoms with Crippen LogP contribution in [0.15, 0.2) is 18.2 Å². The van der Waals surface area contributed by atoms with Crippen molar-refractivity contribution in [3.63, 3.8) is 0 Å². The van der Waals surface area contributed by atoms with Gasteiger partial charge in [0.1, 0.15) is 11.6 Å². The normalized spacial score (nSPS) is 25.5. The predicted molar refractivity (Wildman–Crippen MR) is 54.3 cm³/mol. The molecule has 72 valence electrons. The lowest BCUT2D eigenvalue weighted by molar-refractivity contribution is 0.476. The van der Waals surface area contributed by atoms with Gasteiger partial charge in [-0.05, 0) is 24.5 Å². The van der Waals surface area contributed by atoms with Gasteiger partial charge in [-0.3, -0.25) is 0 Å². The molecule has 0 amide bonds. The van der Waals surface area contributed by atoms with E-state index in [9.17, 15) is 5.11 Å². The smallest absolute Gasteiger partial charge is 0.117 e. The van der Waals surface area contributed by atoms with Gasteiger partial charge >= 0.3 is 0 Å². The zero-order valence-corrected chi connectivity index (χ0v) is 7.99. The molecule has 1 saturated carbocycles. The Morgan fingerprint density at radius 3 is 3.00 bits per heavy atom. The standard InChI is InChI=1S/C11H12N2O/c1-6-4-8(6)11-12-9-3-2-7(14)5-10(9)13-11/h2-3,5-6,8,14H,4H2,1H3,(H,12,13). The largest absolute Gasteiger partial charge is 0.508 e. The number of aromatic hydroxyl groups is 1. The summed E-state index contributed by atoms with van der Waals surface area (Å²) in [6.07, 6.45) is 1.23. The van der Waals surface area contributed by atoms with E-state index in [1.807, 2.05) is 6.07 Å². The molecule has 2 aromatic rings. The minimum absolute atomic E-state index is 0.288. The first kappa shape index (κ1) is 7.85. The molecular formula is C11H12N2O. The molecule has 14 heavy (non-hydrogen) atoms. The number of rotatable bonds is 1. The third-order valence-corrected chi connectivity index (χ3v) is 2.94. The van der Waals surface area contributed by atoms with Crippen molar-refractivity contribution in [1.29, 1.82) is 0 Å². The number of aromatic nitrogens is 2. The number of nitrogens with one attached hydrogen (secondary N) is 1. The summed E-state index contributed by atoms with van der Waals surface area (Å²) >= 11 is 0. The second kappa shape index (κ2) is 2.50. The van der Waals surface area contributed by atoms with Crippen molar-refractivity contribution in [3.8, 4) is 5.75 Å². The summed E-state index contributed by atoms with van der Waals surface area (Å²) in [6, 6.07) is 5.24. The van der Waals surface area contributed by atoms with Crippen LogP contribution in [0.4, 0.5) is 0 Å². The van der Waals surface area contributed by atoms with Crippen LogP contribution in [0, 0.1) is 5.92 Å². The molecule has 0 aliphatic heterocycles. The SMILES string of the molecule is CC1CC1c1nc2ccc(O)cc2[nH]1. The van der Waals surface area contributed by atoms with Gasteiger partial charge in [0.05, 0.1) is 11.0 Å². The number of imidazole rings is 1. The average molecular weight is 188 g/mol. The Balaban J connectivity index is 2.11. The maximum atomic E-state index is 9.30. The van der Waals surface area contributed by atoms with Crippen LogP contribution in [-0.4, -0.2) is 15.1 Å². The number of phenols is 1. The average Bonchev–Trinajstić information content (AvgIpc) is 2.75. The lowest BCUT2D eigenvalue weighted by Gasteiger charge is -1.89. The molecule has 1 aromatic carbocycles. The highest BCUT2D eigenvalue weighted by atomic mass is 16.3. The first-order chi connectivity index (χ1) is 6.74. The topological polar surface area (TPSA) is 48.9 Å². The monoisotopic (exact) mass is 188 g/mol. The molecule has 0 bridgehead atoms. The van der Waals surface area contributed by atoms with Crippen molar-refractivity contribution in [2.75, 3.05) is 0 Å². The molecule has 3 heteroatoms. The fraction of sp³-hybridized carbons (Fsp3) is 0.364. The third-order valence-electron chi connectivity index (χ3n) is 2.94. The molecule has 0 spiro atoms. The summed E-state index contributed by atoms with van der Waals surface area (Å²) in [4.78, 5) is 7.76. The Bertz CT molecular complexity index is 489. The highest BCUT2D eigenvalue weighted by Gasteiger charge is 2.36. The second-order valence-corrected chi connectivity index (χ2v) is 4.14. The molecule has 1 aliphatic carbocycles. The van der Waals surface area contributed by atoms with Crippen molar-refractivity contribution >= 4 is 11.0 Å². The maximum Gasteiger partial charge on any atom is 0.117 e. The van der Waals surface area contributed by atoms with Crippen molar-refractivity contribution in [3.05, 3.63) is 24.0 Å². The van der Waals surface area contributed by atoms with Crippen LogP contribution in [0.1, 0.15) is 25.1 Å². The number of phenolic OH excluding ortho intramolecular Hbond substituents is 1. The zero-order chi connectivity index (χ0) is 9.71. The van der Waals surface area contributed by atoms with E-state index in [2.05, 4.69) is 16.9 Å². The van der Waals surface area contributed by atoms with Gasteiger partial charge < -0.3 is 10.1 Å². The van der Waals surface area contributed by atoms with Gasteiger partial charge in [-0.25, -0.2) is 4.98 Å². The number of aromatic amines is 1. The van der Waals surface area contributed by atoms with E-state index in [-0.39, 0.29) is 5.75 Å². The van der Waals surface area contributed by atoms with Crippen molar-refractivity contribution in [1.82, 2.24) is 9.97 Å².